The van der Waals surface area contributed by atoms with Crippen LogP contribution in [0.2, 0.25) is 0 Å². The lowest BCUT2D eigenvalue weighted by molar-refractivity contribution is -0.142. The van der Waals surface area contributed by atoms with Gasteiger partial charge in [-0.05, 0) is 37.1 Å². The van der Waals surface area contributed by atoms with Crippen molar-refractivity contribution in [1.29, 1.82) is 0 Å². The predicted molar refractivity (Wildman–Crippen MR) is 95.3 cm³/mol. The van der Waals surface area contributed by atoms with Gasteiger partial charge in [-0.3, -0.25) is 4.79 Å². The van der Waals surface area contributed by atoms with Gasteiger partial charge in [0.25, 0.3) is 0 Å². The minimum Gasteiger partial charge on any atom is -0.466 e. The van der Waals surface area contributed by atoms with Gasteiger partial charge in [0.1, 0.15) is 0 Å². The quantitative estimate of drug-likeness (QED) is 0.775. The number of ether oxygens (including phenoxy) is 1. The van der Waals surface area contributed by atoms with Gasteiger partial charge < -0.3 is 10.1 Å². The molecule has 3 heteroatoms. The maximum atomic E-state index is 11.4. The molecule has 0 saturated heterocycles. The van der Waals surface area contributed by atoms with E-state index in [4.69, 9.17) is 4.74 Å². The molecule has 0 bridgehead atoms. The van der Waals surface area contributed by atoms with Gasteiger partial charge in [0.2, 0.25) is 0 Å². The summed E-state index contributed by atoms with van der Waals surface area (Å²) in [6.07, 6.45) is 4.55. The zero-order chi connectivity index (χ0) is 16.5. The first-order chi connectivity index (χ1) is 11.2. The topological polar surface area (TPSA) is 38.3 Å². The van der Waals surface area contributed by atoms with Crippen LogP contribution in [0, 0.1) is 0 Å². The minimum absolute atomic E-state index is 0.188. The second-order valence-electron chi connectivity index (χ2n) is 5.38. The summed E-state index contributed by atoms with van der Waals surface area (Å²) in [5.74, 6) is -0.188. The Morgan fingerprint density at radius 1 is 1.13 bits per heavy atom. The number of anilines is 1. The molecule has 0 saturated carbocycles. The van der Waals surface area contributed by atoms with Gasteiger partial charge in [0.05, 0.1) is 13.0 Å². The Labute approximate surface area is 138 Å². The molecule has 0 aliphatic carbocycles. The maximum Gasteiger partial charge on any atom is 0.310 e. The van der Waals surface area contributed by atoms with Crippen molar-refractivity contribution in [2.24, 2.45) is 0 Å². The second kappa shape index (κ2) is 8.79. The van der Waals surface area contributed by atoms with E-state index in [2.05, 4.69) is 36.5 Å². The lowest BCUT2D eigenvalue weighted by Gasteiger charge is -2.12. The number of carbonyl (C=O) groups excluding carboxylic acids is 1. The highest BCUT2D eigenvalue weighted by atomic mass is 16.5. The number of rotatable bonds is 7. The largest absolute Gasteiger partial charge is 0.466 e. The second-order valence-corrected chi connectivity index (χ2v) is 5.38. The Morgan fingerprint density at radius 3 is 2.48 bits per heavy atom. The fourth-order valence-electron chi connectivity index (χ4n) is 2.23. The van der Waals surface area contributed by atoms with Crippen molar-refractivity contribution in [2.45, 2.75) is 26.3 Å². The summed E-state index contributed by atoms with van der Waals surface area (Å²) in [6, 6.07) is 18.3. The number of benzene rings is 2. The number of hydrogen-bond acceptors (Lipinski definition) is 3. The van der Waals surface area contributed by atoms with E-state index in [0.29, 0.717) is 13.0 Å². The third kappa shape index (κ3) is 5.99. The summed E-state index contributed by atoms with van der Waals surface area (Å²) >= 11 is 0. The summed E-state index contributed by atoms with van der Waals surface area (Å²) in [4.78, 5) is 11.4. The Hall–Kier alpha value is -2.55. The van der Waals surface area contributed by atoms with Crippen LogP contribution < -0.4 is 5.32 Å². The number of hydrogen-bond donors (Lipinski definition) is 1. The zero-order valence-electron chi connectivity index (χ0n) is 13.7. The molecule has 0 radical (unpaired) electrons. The van der Waals surface area contributed by atoms with Crippen molar-refractivity contribution in [3.63, 3.8) is 0 Å². The monoisotopic (exact) mass is 309 g/mol. The average Bonchev–Trinajstić information content (AvgIpc) is 2.56. The Balaban J connectivity index is 1.87. The third-order valence-electron chi connectivity index (χ3n) is 3.38. The number of esters is 1. The first kappa shape index (κ1) is 16.8. The van der Waals surface area contributed by atoms with Crippen molar-refractivity contribution in [3.05, 3.63) is 71.8 Å². The molecule has 2 aromatic carbocycles. The molecule has 1 N–H and O–H groups in total. The molecule has 0 heterocycles. The van der Waals surface area contributed by atoms with Crippen LogP contribution in [-0.4, -0.2) is 18.6 Å². The van der Waals surface area contributed by atoms with Crippen LogP contribution >= 0.6 is 0 Å². The van der Waals surface area contributed by atoms with Gasteiger partial charge >= 0.3 is 5.97 Å². The van der Waals surface area contributed by atoms with Gasteiger partial charge in [-0.1, -0.05) is 54.6 Å². The van der Waals surface area contributed by atoms with Crippen molar-refractivity contribution in [1.82, 2.24) is 0 Å². The van der Waals surface area contributed by atoms with Crippen LogP contribution in [0.15, 0.2) is 60.7 Å². The van der Waals surface area contributed by atoms with Crippen LogP contribution in [0.5, 0.6) is 0 Å². The van der Waals surface area contributed by atoms with E-state index >= 15 is 0 Å². The van der Waals surface area contributed by atoms with Gasteiger partial charge in [0, 0.05) is 11.7 Å². The highest BCUT2D eigenvalue weighted by Gasteiger charge is 2.04. The molecule has 0 spiro atoms. The predicted octanol–water partition coefficient (Wildman–Crippen LogP) is 4.31. The molecule has 0 aliphatic rings. The van der Waals surface area contributed by atoms with Gasteiger partial charge in [0.15, 0.2) is 0 Å². The molecule has 2 aromatic rings. The van der Waals surface area contributed by atoms with E-state index in [1.165, 1.54) is 5.56 Å². The number of nitrogens with one attached hydrogen (secondary N) is 1. The van der Waals surface area contributed by atoms with Crippen LogP contribution in [0.1, 0.15) is 25.0 Å². The first-order valence-corrected chi connectivity index (χ1v) is 7.91. The molecule has 0 fully saturated rings. The molecule has 0 aromatic heterocycles. The molecule has 1 atom stereocenters. The Kier molecular flexibility index (Phi) is 6.42. The molecule has 3 nitrogen and oxygen atoms in total. The van der Waals surface area contributed by atoms with E-state index in [9.17, 15) is 4.79 Å². The molecule has 2 rings (SSSR count). The summed E-state index contributed by atoms with van der Waals surface area (Å²) in [6.45, 7) is 4.34. The zero-order valence-corrected chi connectivity index (χ0v) is 13.7. The third-order valence-corrected chi connectivity index (χ3v) is 3.38. The summed E-state index contributed by atoms with van der Waals surface area (Å²) in [5, 5.41) is 3.41. The fourth-order valence-corrected chi connectivity index (χ4v) is 2.23. The summed E-state index contributed by atoms with van der Waals surface area (Å²) < 4.78 is 4.95. The van der Waals surface area contributed by atoms with Gasteiger partial charge in [-0.2, -0.15) is 0 Å². The Morgan fingerprint density at radius 2 is 1.83 bits per heavy atom. The molecule has 0 aliphatic heterocycles. The van der Waals surface area contributed by atoms with Crippen LogP contribution in [0.25, 0.3) is 6.08 Å². The molecule has 0 amide bonds. The van der Waals surface area contributed by atoms with E-state index in [0.717, 1.165) is 11.3 Å². The van der Waals surface area contributed by atoms with Crippen molar-refractivity contribution in [3.8, 4) is 0 Å². The number of carbonyl (C=O) groups is 1. The normalized spacial score (nSPS) is 12.1. The average molecular weight is 309 g/mol. The Bertz CT molecular complexity index is 632. The summed E-state index contributed by atoms with van der Waals surface area (Å²) in [5.41, 5.74) is 3.18. The summed E-state index contributed by atoms with van der Waals surface area (Å²) in [7, 11) is 0. The van der Waals surface area contributed by atoms with Crippen LogP contribution in [0.4, 0.5) is 5.69 Å². The van der Waals surface area contributed by atoms with Crippen molar-refractivity contribution >= 4 is 17.7 Å². The highest BCUT2D eigenvalue weighted by Crippen LogP contribution is 2.13. The van der Waals surface area contributed by atoms with Gasteiger partial charge in [-0.15, -0.1) is 0 Å². The first-order valence-electron chi connectivity index (χ1n) is 7.91. The molecular formula is C20H23NO2. The highest BCUT2D eigenvalue weighted by molar-refractivity contribution is 5.72. The molecular weight excluding hydrogens is 286 g/mol. The molecule has 120 valence electrons. The van der Waals surface area contributed by atoms with E-state index in [1.54, 1.807) is 0 Å². The van der Waals surface area contributed by atoms with Crippen LogP contribution in [0.3, 0.4) is 0 Å². The SMILES string of the molecule is CCOC(=O)Cc1ccc(NC(C)C=Cc2ccccc2)cc1. The van der Waals surface area contributed by atoms with E-state index in [-0.39, 0.29) is 12.0 Å². The smallest absolute Gasteiger partial charge is 0.310 e. The van der Waals surface area contributed by atoms with Crippen molar-refractivity contribution < 1.29 is 9.53 Å². The van der Waals surface area contributed by atoms with E-state index in [1.807, 2.05) is 49.4 Å². The van der Waals surface area contributed by atoms with Crippen LogP contribution in [-0.2, 0) is 16.0 Å². The lowest BCUT2D eigenvalue weighted by Crippen LogP contribution is -2.12. The van der Waals surface area contributed by atoms with E-state index < -0.39 is 0 Å². The standard InChI is InChI=1S/C20H23NO2/c1-3-23-20(22)15-18-11-13-19(14-12-18)21-16(2)9-10-17-7-5-4-6-8-17/h4-14,16,21H,3,15H2,1-2H3. The fraction of sp³-hybridized carbons (Fsp3) is 0.250. The lowest BCUT2D eigenvalue weighted by atomic mass is 10.1. The van der Waals surface area contributed by atoms with Crippen molar-refractivity contribution in [2.75, 3.05) is 11.9 Å². The van der Waals surface area contributed by atoms with Gasteiger partial charge in [-0.25, -0.2) is 0 Å². The molecule has 23 heavy (non-hydrogen) atoms. The molecule has 1 unspecified atom stereocenters. The minimum atomic E-state index is -0.188. The maximum absolute atomic E-state index is 11.4.